The standard InChI is InChI=1S/C14H14N4O2/c1-17(2)14(19)12-6-7-18(16-12)13-8-11(20-3)5-4-10(13)9-15/h4-8H,1-3H3. The van der Waals surface area contributed by atoms with Gasteiger partial charge in [0.05, 0.1) is 18.4 Å². The molecule has 20 heavy (non-hydrogen) atoms. The van der Waals surface area contributed by atoms with Crippen molar-refractivity contribution >= 4 is 5.91 Å². The normalized spacial score (nSPS) is 9.90. The van der Waals surface area contributed by atoms with E-state index in [9.17, 15) is 4.79 Å². The van der Waals surface area contributed by atoms with Gasteiger partial charge in [-0.1, -0.05) is 0 Å². The predicted octanol–water partition coefficient (Wildman–Crippen LogP) is 1.45. The maximum atomic E-state index is 11.8. The molecular formula is C14H14N4O2. The molecule has 0 aliphatic rings. The molecule has 6 heteroatoms. The van der Waals surface area contributed by atoms with Crippen LogP contribution in [0.15, 0.2) is 30.5 Å². The van der Waals surface area contributed by atoms with E-state index in [1.54, 1.807) is 51.7 Å². The predicted molar refractivity (Wildman–Crippen MR) is 72.8 cm³/mol. The van der Waals surface area contributed by atoms with Crippen molar-refractivity contribution in [1.82, 2.24) is 14.7 Å². The van der Waals surface area contributed by atoms with Gasteiger partial charge in [0.2, 0.25) is 0 Å². The van der Waals surface area contributed by atoms with E-state index in [1.165, 1.54) is 9.58 Å². The fourth-order valence-corrected chi connectivity index (χ4v) is 1.72. The lowest BCUT2D eigenvalue weighted by atomic mass is 10.2. The first-order valence-electron chi connectivity index (χ1n) is 5.92. The van der Waals surface area contributed by atoms with Gasteiger partial charge >= 0.3 is 0 Å². The van der Waals surface area contributed by atoms with Gasteiger partial charge in [-0.2, -0.15) is 10.4 Å². The van der Waals surface area contributed by atoms with Crippen molar-refractivity contribution in [1.29, 1.82) is 5.26 Å². The molecule has 0 radical (unpaired) electrons. The first kappa shape index (κ1) is 13.6. The van der Waals surface area contributed by atoms with E-state index in [1.807, 2.05) is 0 Å². The number of methoxy groups -OCH3 is 1. The van der Waals surface area contributed by atoms with E-state index in [4.69, 9.17) is 10.00 Å². The molecule has 0 spiro atoms. The number of carbonyl (C=O) groups is 1. The zero-order chi connectivity index (χ0) is 14.7. The summed E-state index contributed by atoms with van der Waals surface area (Å²) in [7, 11) is 4.87. The summed E-state index contributed by atoms with van der Waals surface area (Å²) >= 11 is 0. The minimum Gasteiger partial charge on any atom is -0.497 e. The summed E-state index contributed by atoms with van der Waals surface area (Å²) in [6, 6.07) is 8.77. The minimum atomic E-state index is -0.190. The number of rotatable bonds is 3. The minimum absolute atomic E-state index is 0.190. The van der Waals surface area contributed by atoms with Crippen LogP contribution in [0, 0.1) is 11.3 Å². The molecule has 0 aliphatic heterocycles. The molecule has 0 aliphatic carbocycles. The fourth-order valence-electron chi connectivity index (χ4n) is 1.72. The Morgan fingerprint density at radius 2 is 2.15 bits per heavy atom. The lowest BCUT2D eigenvalue weighted by Crippen LogP contribution is -2.22. The van der Waals surface area contributed by atoms with E-state index >= 15 is 0 Å². The first-order valence-corrected chi connectivity index (χ1v) is 5.92. The number of hydrogen-bond acceptors (Lipinski definition) is 4. The van der Waals surface area contributed by atoms with Crippen molar-refractivity contribution in [2.75, 3.05) is 21.2 Å². The van der Waals surface area contributed by atoms with Crippen molar-refractivity contribution in [3.05, 3.63) is 41.7 Å². The molecule has 102 valence electrons. The Hall–Kier alpha value is -2.81. The van der Waals surface area contributed by atoms with Gasteiger partial charge in [-0.15, -0.1) is 0 Å². The van der Waals surface area contributed by atoms with Gasteiger partial charge in [0.15, 0.2) is 5.69 Å². The van der Waals surface area contributed by atoms with Crippen LogP contribution in [-0.2, 0) is 0 Å². The maximum absolute atomic E-state index is 11.8. The maximum Gasteiger partial charge on any atom is 0.273 e. The van der Waals surface area contributed by atoms with Crippen LogP contribution in [0.1, 0.15) is 16.1 Å². The Morgan fingerprint density at radius 3 is 2.75 bits per heavy atom. The topological polar surface area (TPSA) is 71.2 Å². The molecule has 1 aromatic heterocycles. The van der Waals surface area contributed by atoms with E-state index < -0.39 is 0 Å². The number of amides is 1. The first-order chi connectivity index (χ1) is 9.56. The number of ether oxygens (including phenoxy) is 1. The number of carbonyl (C=O) groups excluding carboxylic acids is 1. The van der Waals surface area contributed by atoms with Gasteiger partial charge < -0.3 is 9.64 Å². The highest BCUT2D eigenvalue weighted by Gasteiger charge is 2.14. The van der Waals surface area contributed by atoms with Crippen molar-refractivity contribution in [3.63, 3.8) is 0 Å². The van der Waals surface area contributed by atoms with Gasteiger partial charge in [-0.05, 0) is 18.2 Å². The molecular weight excluding hydrogens is 256 g/mol. The second-order valence-electron chi connectivity index (χ2n) is 4.34. The Kier molecular flexibility index (Phi) is 3.71. The van der Waals surface area contributed by atoms with Crippen molar-refractivity contribution < 1.29 is 9.53 Å². The molecule has 1 aromatic carbocycles. The van der Waals surface area contributed by atoms with Gasteiger partial charge in [0.25, 0.3) is 5.91 Å². The summed E-state index contributed by atoms with van der Waals surface area (Å²) in [5.74, 6) is 0.431. The molecule has 6 nitrogen and oxygen atoms in total. The van der Waals surface area contributed by atoms with Crippen LogP contribution in [-0.4, -0.2) is 41.8 Å². The smallest absolute Gasteiger partial charge is 0.273 e. The van der Waals surface area contributed by atoms with Crippen LogP contribution in [0.4, 0.5) is 0 Å². The molecule has 2 aromatic rings. The van der Waals surface area contributed by atoms with Gasteiger partial charge in [0.1, 0.15) is 11.8 Å². The summed E-state index contributed by atoms with van der Waals surface area (Å²) in [5, 5.41) is 13.3. The van der Waals surface area contributed by atoms with E-state index in [2.05, 4.69) is 11.2 Å². The highest BCUT2D eigenvalue weighted by molar-refractivity contribution is 5.91. The number of nitriles is 1. The Labute approximate surface area is 116 Å². The van der Waals surface area contributed by atoms with Crippen LogP contribution in [0.25, 0.3) is 5.69 Å². The molecule has 1 heterocycles. The second kappa shape index (κ2) is 5.45. The summed E-state index contributed by atoms with van der Waals surface area (Å²) < 4.78 is 6.64. The molecule has 0 saturated heterocycles. The lowest BCUT2D eigenvalue weighted by Gasteiger charge is -2.08. The quantitative estimate of drug-likeness (QED) is 0.846. The molecule has 0 atom stereocenters. The molecule has 0 fully saturated rings. The van der Waals surface area contributed by atoms with Crippen molar-refractivity contribution in [2.45, 2.75) is 0 Å². The summed E-state index contributed by atoms with van der Waals surface area (Å²) in [4.78, 5) is 13.3. The highest BCUT2D eigenvalue weighted by Crippen LogP contribution is 2.20. The SMILES string of the molecule is COc1ccc(C#N)c(-n2ccc(C(=O)N(C)C)n2)c1. The summed E-state index contributed by atoms with van der Waals surface area (Å²) in [6.45, 7) is 0. The Morgan fingerprint density at radius 1 is 1.40 bits per heavy atom. The largest absolute Gasteiger partial charge is 0.497 e. The third-order valence-corrected chi connectivity index (χ3v) is 2.79. The number of aromatic nitrogens is 2. The monoisotopic (exact) mass is 270 g/mol. The number of benzene rings is 1. The molecule has 0 unspecified atom stereocenters. The average Bonchev–Trinajstić information content (AvgIpc) is 2.95. The summed E-state index contributed by atoms with van der Waals surface area (Å²) in [5.41, 5.74) is 1.35. The van der Waals surface area contributed by atoms with E-state index in [0.29, 0.717) is 22.7 Å². The lowest BCUT2D eigenvalue weighted by molar-refractivity contribution is 0.0821. The molecule has 0 saturated carbocycles. The second-order valence-corrected chi connectivity index (χ2v) is 4.34. The van der Waals surface area contributed by atoms with Crippen molar-refractivity contribution in [2.24, 2.45) is 0 Å². The summed E-state index contributed by atoms with van der Waals surface area (Å²) in [6.07, 6.45) is 1.65. The van der Waals surface area contributed by atoms with Crippen LogP contribution in [0.5, 0.6) is 5.75 Å². The van der Waals surface area contributed by atoms with E-state index in [-0.39, 0.29) is 5.91 Å². The zero-order valence-electron chi connectivity index (χ0n) is 11.5. The molecule has 2 rings (SSSR count). The van der Waals surface area contributed by atoms with Crippen LogP contribution in [0.3, 0.4) is 0 Å². The van der Waals surface area contributed by atoms with Crippen LogP contribution < -0.4 is 4.74 Å². The third kappa shape index (κ3) is 2.47. The van der Waals surface area contributed by atoms with E-state index in [0.717, 1.165) is 0 Å². The van der Waals surface area contributed by atoms with Crippen LogP contribution >= 0.6 is 0 Å². The molecule has 1 amide bonds. The highest BCUT2D eigenvalue weighted by atomic mass is 16.5. The Balaban J connectivity index is 2.47. The van der Waals surface area contributed by atoms with Crippen LogP contribution in [0.2, 0.25) is 0 Å². The fraction of sp³-hybridized carbons (Fsp3) is 0.214. The number of hydrogen-bond donors (Lipinski definition) is 0. The van der Waals surface area contributed by atoms with Crippen molar-refractivity contribution in [3.8, 4) is 17.5 Å². The number of nitrogens with zero attached hydrogens (tertiary/aromatic N) is 4. The third-order valence-electron chi connectivity index (χ3n) is 2.79. The van der Waals surface area contributed by atoms with Gasteiger partial charge in [-0.3, -0.25) is 4.79 Å². The molecule has 0 N–H and O–H groups in total. The zero-order valence-corrected chi connectivity index (χ0v) is 11.5. The molecule has 0 bridgehead atoms. The van der Waals surface area contributed by atoms with Gasteiger partial charge in [-0.25, -0.2) is 4.68 Å². The average molecular weight is 270 g/mol. The van der Waals surface area contributed by atoms with Gasteiger partial charge in [0, 0.05) is 26.4 Å². The Bertz CT molecular complexity index is 683.